The zero-order chi connectivity index (χ0) is 24.9. The number of nitrogens with zero attached hydrogens (tertiary/aromatic N) is 2. The number of unbranched alkanes of at least 4 members (excludes halogenated alkanes) is 1. The number of carbonyl (C=O) groups excluding carboxylic acids is 1. The molecule has 184 valence electrons. The number of fused-ring (bicyclic) bond motifs is 2. The first-order chi connectivity index (χ1) is 16.9. The van der Waals surface area contributed by atoms with Gasteiger partial charge in [-0.05, 0) is 67.0 Å². The van der Waals surface area contributed by atoms with Gasteiger partial charge in [0.1, 0.15) is 4.88 Å². The van der Waals surface area contributed by atoms with Crippen LogP contribution in [0.25, 0.3) is 20.9 Å². The first-order valence-corrected chi connectivity index (χ1v) is 13.9. The van der Waals surface area contributed by atoms with E-state index in [4.69, 9.17) is 34.8 Å². The van der Waals surface area contributed by atoms with Crippen molar-refractivity contribution in [2.75, 3.05) is 26.2 Å². The Hall–Kier alpha value is -1.82. The number of hydrogen-bond acceptors (Lipinski definition) is 3. The molecule has 1 heterocycles. The number of carbonyl (C=O) groups is 1. The molecule has 7 heteroatoms. The minimum atomic E-state index is -0.0700. The summed E-state index contributed by atoms with van der Waals surface area (Å²) in [5.74, 6) is -0.0700. The monoisotopic (exact) mass is 546 g/mol. The molecule has 0 aliphatic carbocycles. The molecule has 0 bridgehead atoms. The predicted octanol–water partition coefficient (Wildman–Crippen LogP) is 8.78. The van der Waals surface area contributed by atoms with Gasteiger partial charge in [-0.1, -0.05) is 85.0 Å². The highest BCUT2D eigenvalue weighted by Gasteiger charge is 2.24. The molecule has 35 heavy (non-hydrogen) atoms. The summed E-state index contributed by atoms with van der Waals surface area (Å²) in [4.78, 5) is 18.6. The Morgan fingerprint density at radius 2 is 1.57 bits per heavy atom. The summed E-state index contributed by atoms with van der Waals surface area (Å²) in [5, 5.41) is 4.22. The molecule has 1 aromatic heterocycles. The van der Waals surface area contributed by atoms with E-state index < -0.39 is 0 Å². The van der Waals surface area contributed by atoms with Crippen molar-refractivity contribution in [1.82, 2.24) is 9.80 Å². The lowest BCUT2D eigenvalue weighted by atomic mass is 10.1. The molecule has 4 rings (SSSR count). The maximum atomic E-state index is 13.8. The normalized spacial score (nSPS) is 11.6. The van der Waals surface area contributed by atoms with Crippen LogP contribution in [0.2, 0.25) is 15.1 Å². The Morgan fingerprint density at radius 1 is 0.857 bits per heavy atom. The highest BCUT2D eigenvalue weighted by Crippen LogP contribution is 2.42. The van der Waals surface area contributed by atoms with Gasteiger partial charge in [0.15, 0.2) is 0 Å². The third-order valence-corrected chi connectivity index (χ3v) is 8.84. The van der Waals surface area contributed by atoms with Crippen LogP contribution < -0.4 is 0 Å². The molecule has 0 spiro atoms. The molecular formula is C28H29Cl3N2OS. The van der Waals surface area contributed by atoms with Crippen LogP contribution in [0, 0.1) is 0 Å². The predicted molar refractivity (Wildman–Crippen MR) is 153 cm³/mol. The van der Waals surface area contributed by atoms with Crippen molar-refractivity contribution in [2.45, 2.75) is 33.2 Å². The summed E-state index contributed by atoms with van der Waals surface area (Å²) in [6.45, 7) is 8.65. The van der Waals surface area contributed by atoms with Gasteiger partial charge in [-0.25, -0.2) is 0 Å². The van der Waals surface area contributed by atoms with E-state index in [9.17, 15) is 4.79 Å². The lowest BCUT2D eigenvalue weighted by molar-refractivity contribution is 0.0744. The summed E-state index contributed by atoms with van der Waals surface area (Å²) in [5.41, 5.74) is 1.10. The van der Waals surface area contributed by atoms with E-state index in [1.54, 1.807) is 6.07 Å². The van der Waals surface area contributed by atoms with Crippen LogP contribution in [0.4, 0.5) is 0 Å². The van der Waals surface area contributed by atoms with Crippen LogP contribution in [0.5, 0.6) is 0 Å². The molecule has 0 aliphatic heterocycles. The van der Waals surface area contributed by atoms with Gasteiger partial charge in [0.05, 0.1) is 15.1 Å². The van der Waals surface area contributed by atoms with E-state index >= 15 is 0 Å². The maximum absolute atomic E-state index is 13.8. The zero-order valence-corrected chi connectivity index (χ0v) is 23.1. The highest BCUT2D eigenvalue weighted by atomic mass is 35.5. The van der Waals surface area contributed by atoms with E-state index in [0.717, 1.165) is 42.7 Å². The Kier molecular flexibility index (Phi) is 8.96. The second-order valence-corrected chi connectivity index (χ2v) is 10.8. The molecule has 0 fully saturated rings. The van der Waals surface area contributed by atoms with Crippen LogP contribution in [0.3, 0.4) is 0 Å². The van der Waals surface area contributed by atoms with Gasteiger partial charge in [-0.15, -0.1) is 11.3 Å². The van der Waals surface area contributed by atoms with Gasteiger partial charge in [-0.2, -0.15) is 0 Å². The molecule has 0 saturated heterocycles. The summed E-state index contributed by atoms with van der Waals surface area (Å²) in [6.07, 6.45) is 1.95. The Balaban J connectivity index is 1.61. The summed E-state index contributed by atoms with van der Waals surface area (Å²) >= 11 is 20.7. The SMILES string of the molecule is CCN(CC)CCCCN(Cc1ccc2ccccc2c1)C(=O)c1sc2ccc(Cl)c(Cl)c2c1Cl. The fraction of sp³-hybridized carbons (Fsp3) is 0.321. The smallest absolute Gasteiger partial charge is 0.265 e. The topological polar surface area (TPSA) is 23.6 Å². The standard InChI is InChI=1S/C28H29Cl3N2OS/c1-3-32(4-2)15-7-8-16-33(18-19-11-12-20-9-5-6-10-21(20)17-19)28(34)27-26(31)24-23(35-27)14-13-22(29)25(24)30/h5-6,9-14,17H,3-4,7-8,15-16,18H2,1-2H3. The molecule has 3 nitrogen and oxygen atoms in total. The average molecular weight is 548 g/mol. The van der Waals surface area contributed by atoms with E-state index in [-0.39, 0.29) is 5.91 Å². The minimum Gasteiger partial charge on any atom is -0.334 e. The van der Waals surface area contributed by atoms with Crippen LogP contribution in [0.15, 0.2) is 54.6 Å². The van der Waals surface area contributed by atoms with Gasteiger partial charge >= 0.3 is 0 Å². The van der Waals surface area contributed by atoms with Crippen LogP contribution >= 0.6 is 46.1 Å². The fourth-order valence-corrected chi connectivity index (χ4v) is 6.40. The minimum absolute atomic E-state index is 0.0700. The molecule has 3 aromatic carbocycles. The summed E-state index contributed by atoms with van der Waals surface area (Å²) in [6, 6.07) is 18.3. The molecule has 0 saturated carbocycles. The first kappa shape index (κ1) is 26.2. The molecule has 1 amide bonds. The van der Waals surface area contributed by atoms with Gasteiger partial charge in [0.2, 0.25) is 0 Å². The Morgan fingerprint density at radius 3 is 2.31 bits per heavy atom. The number of benzene rings is 3. The second kappa shape index (κ2) is 11.9. The largest absolute Gasteiger partial charge is 0.334 e. The third-order valence-electron chi connectivity index (χ3n) is 6.40. The number of thiophene rings is 1. The van der Waals surface area contributed by atoms with Crippen molar-refractivity contribution in [3.8, 4) is 0 Å². The van der Waals surface area contributed by atoms with E-state index in [2.05, 4.69) is 49.1 Å². The van der Waals surface area contributed by atoms with Crippen LogP contribution in [0.1, 0.15) is 41.9 Å². The highest BCUT2D eigenvalue weighted by molar-refractivity contribution is 7.21. The van der Waals surface area contributed by atoms with Gasteiger partial charge < -0.3 is 9.80 Å². The molecule has 0 unspecified atom stereocenters. The molecular weight excluding hydrogens is 519 g/mol. The second-order valence-electron chi connectivity index (χ2n) is 8.62. The fourth-order valence-electron chi connectivity index (χ4n) is 4.36. The van der Waals surface area contributed by atoms with Crippen molar-refractivity contribution in [2.24, 2.45) is 0 Å². The van der Waals surface area contributed by atoms with Crippen molar-refractivity contribution in [1.29, 1.82) is 0 Å². The maximum Gasteiger partial charge on any atom is 0.265 e. The van der Waals surface area contributed by atoms with E-state index in [1.165, 1.54) is 22.1 Å². The van der Waals surface area contributed by atoms with E-state index in [0.29, 0.717) is 38.4 Å². The number of halogens is 3. The van der Waals surface area contributed by atoms with Gasteiger partial charge in [0.25, 0.3) is 5.91 Å². The number of amides is 1. The van der Waals surface area contributed by atoms with Crippen molar-refractivity contribution in [3.05, 3.63) is 80.1 Å². The van der Waals surface area contributed by atoms with Gasteiger partial charge in [-0.3, -0.25) is 4.79 Å². The van der Waals surface area contributed by atoms with Crippen LogP contribution in [-0.2, 0) is 6.54 Å². The average Bonchev–Trinajstić information content (AvgIpc) is 3.21. The van der Waals surface area contributed by atoms with E-state index in [1.807, 2.05) is 23.1 Å². The first-order valence-electron chi connectivity index (χ1n) is 12.0. The van der Waals surface area contributed by atoms with Gasteiger partial charge in [0, 0.05) is 23.2 Å². The van der Waals surface area contributed by atoms with Crippen molar-refractivity contribution < 1.29 is 4.79 Å². The lowest BCUT2D eigenvalue weighted by Crippen LogP contribution is -2.32. The Bertz CT molecular complexity index is 1330. The third kappa shape index (κ3) is 5.95. The molecule has 4 aromatic rings. The quantitative estimate of drug-likeness (QED) is 0.185. The molecule has 0 N–H and O–H groups in total. The number of rotatable bonds is 10. The Labute approximate surface area is 226 Å². The van der Waals surface area contributed by atoms with Crippen molar-refractivity contribution in [3.63, 3.8) is 0 Å². The molecule has 0 radical (unpaired) electrons. The molecule has 0 aliphatic rings. The summed E-state index contributed by atoms with van der Waals surface area (Å²) in [7, 11) is 0. The zero-order valence-electron chi connectivity index (χ0n) is 20.0. The lowest BCUT2D eigenvalue weighted by Gasteiger charge is -2.24. The van der Waals surface area contributed by atoms with Crippen LogP contribution in [-0.4, -0.2) is 41.9 Å². The number of hydrogen-bond donors (Lipinski definition) is 0. The molecule has 0 atom stereocenters. The summed E-state index contributed by atoms with van der Waals surface area (Å²) < 4.78 is 0.861. The van der Waals surface area contributed by atoms with Crippen molar-refractivity contribution >= 4 is 72.9 Å².